The van der Waals surface area contributed by atoms with E-state index in [9.17, 15) is 10.1 Å². The number of hydrogen-bond acceptors (Lipinski definition) is 4. The third kappa shape index (κ3) is 3.72. The Labute approximate surface area is 139 Å². The fraction of sp³-hybridized carbons (Fsp3) is 0.333. The summed E-state index contributed by atoms with van der Waals surface area (Å²) in [6.45, 7) is 0.222. The Balaban J connectivity index is 1.68. The summed E-state index contributed by atoms with van der Waals surface area (Å²) >= 11 is 1.52. The van der Waals surface area contributed by atoms with Crippen molar-refractivity contribution >= 4 is 22.4 Å². The lowest BCUT2D eigenvalue weighted by atomic mass is 10.1. The van der Waals surface area contributed by atoms with Crippen molar-refractivity contribution in [3.05, 3.63) is 51.9 Å². The van der Waals surface area contributed by atoms with E-state index in [1.165, 1.54) is 22.6 Å². The molecule has 1 amide bonds. The van der Waals surface area contributed by atoms with Crippen LogP contribution >= 0.6 is 11.3 Å². The van der Waals surface area contributed by atoms with E-state index in [1.807, 2.05) is 30.3 Å². The normalized spacial score (nSPS) is 13.5. The third-order valence-corrected chi connectivity index (χ3v) is 5.17. The van der Waals surface area contributed by atoms with Gasteiger partial charge < -0.3 is 4.74 Å². The summed E-state index contributed by atoms with van der Waals surface area (Å²) in [5.74, 6) is 0. The van der Waals surface area contributed by atoms with Crippen LogP contribution in [0.4, 0.5) is 9.80 Å². The number of amides is 1. The number of rotatable bonds is 3. The molecule has 0 bridgehead atoms. The van der Waals surface area contributed by atoms with Crippen molar-refractivity contribution in [2.75, 3.05) is 5.32 Å². The van der Waals surface area contributed by atoms with Crippen LogP contribution < -0.4 is 5.32 Å². The second-order valence-corrected chi connectivity index (χ2v) is 6.67. The molecule has 0 unspecified atom stereocenters. The molecule has 1 aromatic carbocycles. The maximum Gasteiger partial charge on any atom is 0.412 e. The molecule has 23 heavy (non-hydrogen) atoms. The maximum atomic E-state index is 12.0. The summed E-state index contributed by atoms with van der Waals surface area (Å²) in [4.78, 5) is 13.2. The molecule has 4 nitrogen and oxygen atoms in total. The van der Waals surface area contributed by atoms with Crippen LogP contribution in [-0.2, 0) is 24.2 Å². The predicted molar refractivity (Wildman–Crippen MR) is 90.5 cm³/mol. The van der Waals surface area contributed by atoms with Gasteiger partial charge in [0.1, 0.15) is 17.7 Å². The van der Waals surface area contributed by atoms with Crippen molar-refractivity contribution in [1.29, 1.82) is 5.26 Å². The minimum absolute atomic E-state index is 0.222. The zero-order valence-electron chi connectivity index (χ0n) is 12.8. The van der Waals surface area contributed by atoms with Crippen LogP contribution in [0.1, 0.15) is 40.8 Å². The molecule has 0 fully saturated rings. The van der Waals surface area contributed by atoms with Crippen LogP contribution in [0.3, 0.4) is 0 Å². The Kier molecular flexibility index (Phi) is 4.94. The Bertz CT molecular complexity index is 731. The molecule has 118 valence electrons. The van der Waals surface area contributed by atoms with E-state index in [2.05, 4.69) is 11.4 Å². The number of benzene rings is 1. The molecule has 5 heteroatoms. The van der Waals surface area contributed by atoms with Gasteiger partial charge in [-0.1, -0.05) is 36.8 Å². The Hall–Kier alpha value is -2.32. The number of nitrogens with one attached hydrogen (secondary N) is 1. The second kappa shape index (κ2) is 7.30. The van der Waals surface area contributed by atoms with Gasteiger partial charge in [0.15, 0.2) is 0 Å². The first kappa shape index (κ1) is 15.6. The van der Waals surface area contributed by atoms with Crippen molar-refractivity contribution in [3.63, 3.8) is 0 Å². The minimum atomic E-state index is -0.512. The van der Waals surface area contributed by atoms with Crippen LogP contribution in [-0.4, -0.2) is 6.09 Å². The highest BCUT2D eigenvalue weighted by Gasteiger charge is 2.21. The molecule has 1 heterocycles. The molecule has 1 N–H and O–H groups in total. The van der Waals surface area contributed by atoms with Gasteiger partial charge in [-0.05, 0) is 36.8 Å². The van der Waals surface area contributed by atoms with Crippen molar-refractivity contribution in [3.8, 4) is 6.07 Å². The lowest BCUT2D eigenvalue weighted by molar-refractivity contribution is 0.155. The number of carbonyl (C=O) groups is 1. The largest absolute Gasteiger partial charge is 0.444 e. The van der Waals surface area contributed by atoms with Gasteiger partial charge in [0, 0.05) is 4.88 Å². The molecule has 1 aliphatic rings. The SMILES string of the molecule is N#Cc1c(NC(=O)OCc2ccccc2)sc2c1CCCCC2. The first-order valence-electron chi connectivity index (χ1n) is 7.80. The van der Waals surface area contributed by atoms with Crippen LogP contribution in [0, 0.1) is 11.3 Å². The smallest absolute Gasteiger partial charge is 0.412 e. The quantitative estimate of drug-likeness (QED) is 0.836. The molecule has 2 aromatic rings. The number of ether oxygens (including phenoxy) is 1. The lowest BCUT2D eigenvalue weighted by Gasteiger charge is -2.06. The van der Waals surface area contributed by atoms with E-state index in [0.29, 0.717) is 10.6 Å². The number of hydrogen-bond donors (Lipinski definition) is 1. The van der Waals surface area contributed by atoms with E-state index in [-0.39, 0.29) is 6.61 Å². The van der Waals surface area contributed by atoms with Crippen molar-refractivity contribution in [2.45, 2.75) is 38.7 Å². The number of fused-ring (bicyclic) bond motifs is 1. The van der Waals surface area contributed by atoms with Crippen LogP contribution in [0.25, 0.3) is 0 Å². The molecule has 3 rings (SSSR count). The highest BCUT2D eigenvalue weighted by Crippen LogP contribution is 2.37. The highest BCUT2D eigenvalue weighted by molar-refractivity contribution is 7.16. The third-order valence-electron chi connectivity index (χ3n) is 3.96. The number of nitrogens with zero attached hydrogens (tertiary/aromatic N) is 1. The van der Waals surface area contributed by atoms with Gasteiger partial charge >= 0.3 is 6.09 Å². The molecule has 0 spiro atoms. The molecule has 0 saturated heterocycles. The summed E-state index contributed by atoms with van der Waals surface area (Å²) in [7, 11) is 0. The summed E-state index contributed by atoms with van der Waals surface area (Å²) in [5.41, 5.74) is 2.67. The molecule has 0 radical (unpaired) electrons. The minimum Gasteiger partial charge on any atom is -0.444 e. The lowest BCUT2D eigenvalue weighted by Crippen LogP contribution is -2.13. The van der Waals surface area contributed by atoms with Crippen molar-refractivity contribution < 1.29 is 9.53 Å². The number of thiophene rings is 1. The summed E-state index contributed by atoms with van der Waals surface area (Å²) in [6.07, 6.45) is 4.87. The number of anilines is 1. The van der Waals surface area contributed by atoms with Gasteiger partial charge in [0.25, 0.3) is 0 Å². The average Bonchev–Trinajstić information content (AvgIpc) is 2.74. The molecule has 0 saturated carbocycles. The van der Waals surface area contributed by atoms with E-state index >= 15 is 0 Å². The van der Waals surface area contributed by atoms with Crippen molar-refractivity contribution in [1.82, 2.24) is 0 Å². The second-order valence-electron chi connectivity index (χ2n) is 5.57. The van der Waals surface area contributed by atoms with Gasteiger partial charge in [0.2, 0.25) is 0 Å². The zero-order valence-corrected chi connectivity index (χ0v) is 13.6. The van der Waals surface area contributed by atoms with Gasteiger partial charge in [-0.15, -0.1) is 11.3 Å². The van der Waals surface area contributed by atoms with E-state index in [0.717, 1.165) is 36.8 Å². The predicted octanol–water partition coefficient (Wildman–Crippen LogP) is 4.64. The molecule has 1 aromatic heterocycles. The standard InChI is InChI=1S/C18H18N2O2S/c19-11-15-14-9-5-2-6-10-16(14)23-17(15)20-18(21)22-12-13-7-3-1-4-8-13/h1,3-4,7-8H,2,5-6,9-10,12H2,(H,20,21). The zero-order chi connectivity index (χ0) is 16.1. The fourth-order valence-corrected chi connectivity index (χ4v) is 4.03. The molecule has 1 aliphatic carbocycles. The Morgan fingerprint density at radius 1 is 1.22 bits per heavy atom. The van der Waals surface area contributed by atoms with Gasteiger partial charge in [-0.3, -0.25) is 5.32 Å². The monoisotopic (exact) mass is 326 g/mol. The maximum absolute atomic E-state index is 12.0. The van der Waals surface area contributed by atoms with Gasteiger partial charge in [-0.2, -0.15) is 5.26 Å². The first-order valence-corrected chi connectivity index (χ1v) is 8.62. The molecule has 0 atom stereocenters. The van der Waals surface area contributed by atoms with Crippen LogP contribution in [0.5, 0.6) is 0 Å². The van der Waals surface area contributed by atoms with Gasteiger partial charge in [-0.25, -0.2) is 4.79 Å². The Morgan fingerprint density at radius 3 is 2.78 bits per heavy atom. The summed E-state index contributed by atoms with van der Waals surface area (Å²) in [6, 6.07) is 11.8. The van der Waals surface area contributed by atoms with E-state index < -0.39 is 6.09 Å². The van der Waals surface area contributed by atoms with Crippen LogP contribution in [0.2, 0.25) is 0 Å². The van der Waals surface area contributed by atoms with Gasteiger partial charge in [0.05, 0.1) is 5.56 Å². The highest BCUT2D eigenvalue weighted by atomic mass is 32.1. The number of nitriles is 1. The topological polar surface area (TPSA) is 62.1 Å². The van der Waals surface area contributed by atoms with Crippen molar-refractivity contribution in [2.24, 2.45) is 0 Å². The first-order chi connectivity index (χ1) is 11.3. The fourth-order valence-electron chi connectivity index (χ4n) is 2.80. The summed E-state index contributed by atoms with van der Waals surface area (Å²) < 4.78 is 5.24. The average molecular weight is 326 g/mol. The molecular weight excluding hydrogens is 308 g/mol. The summed E-state index contributed by atoms with van der Waals surface area (Å²) in [5, 5.41) is 12.8. The van der Waals surface area contributed by atoms with E-state index in [4.69, 9.17) is 4.74 Å². The molecular formula is C18H18N2O2S. The van der Waals surface area contributed by atoms with Crippen LogP contribution in [0.15, 0.2) is 30.3 Å². The Morgan fingerprint density at radius 2 is 2.00 bits per heavy atom. The van der Waals surface area contributed by atoms with E-state index in [1.54, 1.807) is 0 Å². The number of carbonyl (C=O) groups excluding carboxylic acids is 1. The number of aryl methyl sites for hydroxylation is 1. The molecule has 0 aliphatic heterocycles.